The molecule has 4 heterocycles. The highest BCUT2D eigenvalue weighted by atomic mass is 16.4. The zero-order chi connectivity index (χ0) is 26.2. The van der Waals surface area contributed by atoms with Gasteiger partial charge in [-0.2, -0.15) is 5.10 Å². The van der Waals surface area contributed by atoms with Gasteiger partial charge < -0.3 is 30.1 Å². The Morgan fingerprint density at radius 3 is 2.14 bits per heavy atom. The van der Waals surface area contributed by atoms with Crippen molar-refractivity contribution in [2.45, 2.75) is 0 Å². The minimum absolute atomic E-state index is 0.145. The summed E-state index contributed by atoms with van der Waals surface area (Å²) in [6.45, 7) is 8.30. The van der Waals surface area contributed by atoms with E-state index in [1.807, 2.05) is 35.4 Å². The first kappa shape index (κ1) is 26.3. The number of benzene rings is 2. The van der Waals surface area contributed by atoms with Crippen molar-refractivity contribution in [1.82, 2.24) is 35.2 Å². The largest absolute Gasteiger partial charge is 0.478 e. The SMILES string of the molecule is CN1CCN(C(=O)c2ccc3[nH]ccc3c2)CC1.CN1CCNCC1.O=C(O)c1ccc2[nH]ncc2c1. The van der Waals surface area contributed by atoms with Crippen LogP contribution in [0, 0.1) is 0 Å². The number of piperazine rings is 2. The number of rotatable bonds is 2. The molecule has 0 spiro atoms. The number of aromatic nitrogens is 3. The van der Waals surface area contributed by atoms with Crippen LogP contribution in [0.2, 0.25) is 0 Å². The van der Waals surface area contributed by atoms with E-state index in [1.54, 1.807) is 24.4 Å². The monoisotopic (exact) mass is 505 g/mol. The summed E-state index contributed by atoms with van der Waals surface area (Å²) < 4.78 is 0. The molecule has 196 valence electrons. The summed E-state index contributed by atoms with van der Waals surface area (Å²) in [5.41, 5.74) is 2.99. The first-order valence-corrected chi connectivity index (χ1v) is 12.5. The van der Waals surface area contributed by atoms with E-state index in [0.717, 1.165) is 66.6 Å². The van der Waals surface area contributed by atoms with Crippen LogP contribution >= 0.6 is 0 Å². The van der Waals surface area contributed by atoms with Crippen molar-refractivity contribution in [2.75, 3.05) is 66.5 Å². The molecule has 37 heavy (non-hydrogen) atoms. The third-order valence-corrected chi connectivity index (χ3v) is 6.62. The van der Waals surface area contributed by atoms with Gasteiger partial charge >= 0.3 is 5.97 Å². The molecule has 0 atom stereocenters. The summed E-state index contributed by atoms with van der Waals surface area (Å²) in [5.74, 6) is -0.774. The molecule has 2 aromatic heterocycles. The minimum Gasteiger partial charge on any atom is -0.478 e. The number of fused-ring (bicyclic) bond motifs is 2. The molecule has 0 radical (unpaired) electrons. The lowest BCUT2D eigenvalue weighted by Crippen LogP contribution is -2.47. The summed E-state index contributed by atoms with van der Waals surface area (Å²) in [6, 6.07) is 12.7. The maximum absolute atomic E-state index is 12.4. The van der Waals surface area contributed by atoms with E-state index < -0.39 is 5.97 Å². The van der Waals surface area contributed by atoms with Crippen molar-refractivity contribution in [1.29, 1.82) is 0 Å². The number of aromatic carboxylic acids is 1. The highest BCUT2D eigenvalue weighted by Crippen LogP contribution is 2.16. The van der Waals surface area contributed by atoms with Gasteiger partial charge in [0.05, 0.1) is 17.3 Å². The number of carboxylic acid groups (broad SMARTS) is 1. The number of amides is 1. The van der Waals surface area contributed by atoms with Gasteiger partial charge in [0.15, 0.2) is 0 Å². The number of H-pyrrole nitrogens is 2. The van der Waals surface area contributed by atoms with Crippen LogP contribution in [0.3, 0.4) is 0 Å². The molecular weight excluding hydrogens is 470 g/mol. The van der Waals surface area contributed by atoms with Gasteiger partial charge in [-0.1, -0.05) is 0 Å². The van der Waals surface area contributed by atoms with E-state index in [4.69, 9.17) is 5.11 Å². The first-order valence-electron chi connectivity index (χ1n) is 12.5. The number of hydrogen-bond acceptors (Lipinski definition) is 6. The predicted octanol–water partition coefficient (Wildman–Crippen LogP) is 2.34. The van der Waals surface area contributed by atoms with Crippen LogP contribution in [0.5, 0.6) is 0 Å². The molecule has 0 unspecified atom stereocenters. The summed E-state index contributed by atoms with van der Waals surface area (Å²) in [6.07, 6.45) is 3.50. The van der Waals surface area contributed by atoms with E-state index in [0.29, 0.717) is 0 Å². The van der Waals surface area contributed by atoms with Crippen molar-refractivity contribution >= 4 is 33.7 Å². The molecule has 4 aromatic rings. The highest BCUT2D eigenvalue weighted by Gasteiger charge is 2.20. The molecule has 10 heteroatoms. The van der Waals surface area contributed by atoms with Crippen LogP contribution < -0.4 is 5.32 Å². The second-order valence-electron chi connectivity index (χ2n) is 9.41. The summed E-state index contributed by atoms with van der Waals surface area (Å²) in [4.78, 5) is 32.6. The smallest absolute Gasteiger partial charge is 0.335 e. The van der Waals surface area contributed by atoms with E-state index in [2.05, 4.69) is 44.4 Å². The number of nitrogens with one attached hydrogen (secondary N) is 3. The first-order chi connectivity index (χ1) is 17.9. The van der Waals surface area contributed by atoms with Gasteiger partial charge in [0.1, 0.15) is 0 Å². The second-order valence-corrected chi connectivity index (χ2v) is 9.41. The Kier molecular flexibility index (Phi) is 8.89. The Labute approximate surface area is 216 Å². The third kappa shape index (κ3) is 7.16. The van der Waals surface area contributed by atoms with Crippen molar-refractivity contribution in [3.63, 3.8) is 0 Å². The van der Waals surface area contributed by atoms with Gasteiger partial charge in [-0.25, -0.2) is 4.79 Å². The molecule has 2 fully saturated rings. The Bertz CT molecular complexity index is 1320. The van der Waals surface area contributed by atoms with Crippen LogP contribution in [0.25, 0.3) is 21.8 Å². The summed E-state index contributed by atoms with van der Waals surface area (Å²) in [5, 5.41) is 20.4. The van der Waals surface area contributed by atoms with Crippen LogP contribution in [0.15, 0.2) is 54.9 Å². The molecule has 2 aliphatic rings. The molecule has 0 saturated carbocycles. The summed E-state index contributed by atoms with van der Waals surface area (Å²) >= 11 is 0. The molecule has 2 aliphatic heterocycles. The average Bonchev–Trinajstić information content (AvgIpc) is 3.58. The molecule has 6 rings (SSSR count). The van der Waals surface area contributed by atoms with E-state index >= 15 is 0 Å². The molecule has 2 aromatic carbocycles. The Hall–Kier alpha value is -3.73. The Morgan fingerprint density at radius 2 is 1.46 bits per heavy atom. The lowest BCUT2D eigenvalue weighted by molar-refractivity contribution is 0.0662. The van der Waals surface area contributed by atoms with Crippen molar-refractivity contribution in [2.24, 2.45) is 0 Å². The molecule has 4 N–H and O–H groups in total. The zero-order valence-electron chi connectivity index (χ0n) is 21.4. The number of carbonyl (C=O) groups is 2. The lowest BCUT2D eigenvalue weighted by atomic mass is 10.1. The molecule has 10 nitrogen and oxygen atoms in total. The van der Waals surface area contributed by atoms with Gasteiger partial charge in [0.25, 0.3) is 5.91 Å². The Morgan fingerprint density at radius 1 is 0.811 bits per heavy atom. The van der Waals surface area contributed by atoms with Crippen LogP contribution in [-0.2, 0) is 0 Å². The fourth-order valence-electron chi connectivity index (χ4n) is 4.23. The summed E-state index contributed by atoms with van der Waals surface area (Å²) in [7, 11) is 4.24. The molecule has 0 bridgehead atoms. The fraction of sp³-hybridized carbons (Fsp3) is 0.370. The van der Waals surface area contributed by atoms with Gasteiger partial charge in [-0.15, -0.1) is 0 Å². The highest BCUT2D eigenvalue weighted by molar-refractivity contribution is 5.98. The number of aromatic amines is 2. The minimum atomic E-state index is -0.918. The maximum Gasteiger partial charge on any atom is 0.335 e. The van der Waals surface area contributed by atoms with Gasteiger partial charge in [-0.05, 0) is 56.6 Å². The predicted molar refractivity (Wildman–Crippen MR) is 145 cm³/mol. The quantitative estimate of drug-likeness (QED) is 0.330. The number of nitrogens with zero attached hydrogens (tertiary/aromatic N) is 4. The van der Waals surface area contributed by atoms with Crippen LogP contribution in [0.4, 0.5) is 0 Å². The molecule has 2 saturated heterocycles. The molecular formula is C27H35N7O3. The van der Waals surface area contributed by atoms with Crippen molar-refractivity contribution in [3.8, 4) is 0 Å². The van der Waals surface area contributed by atoms with Crippen molar-refractivity contribution in [3.05, 3.63) is 66.0 Å². The molecule has 0 aliphatic carbocycles. The average molecular weight is 506 g/mol. The van der Waals surface area contributed by atoms with E-state index in [-0.39, 0.29) is 11.5 Å². The van der Waals surface area contributed by atoms with Crippen LogP contribution in [0.1, 0.15) is 20.7 Å². The number of carbonyl (C=O) groups excluding carboxylic acids is 1. The zero-order valence-corrected chi connectivity index (χ0v) is 21.4. The number of carboxylic acids is 1. The van der Waals surface area contributed by atoms with Gasteiger partial charge in [0.2, 0.25) is 0 Å². The second kappa shape index (κ2) is 12.5. The third-order valence-electron chi connectivity index (χ3n) is 6.62. The Balaban J connectivity index is 0.000000144. The molecule has 1 amide bonds. The number of likely N-dealkylation sites (N-methyl/N-ethyl adjacent to an activating group) is 2. The standard InChI is InChI=1S/C14H17N3O.C8H6N2O2.C5H12N2/c1-16-6-8-17(9-7-16)14(18)12-2-3-13-11(10-12)4-5-15-13;11-8(12)5-1-2-7-6(3-5)4-9-10-7;1-7-4-2-6-3-5-7/h2-5,10,15H,6-9H2,1H3;1-4H,(H,9,10)(H,11,12);6H,2-5H2,1H3. The van der Waals surface area contributed by atoms with Gasteiger partial charge in [0, 0.05) is 80.4 Å². The van der Waals surface area contributed by atoms with E-state index in [1.165, 1.54) is 13.1 Å². The maximum atomic E-state index is 12.4. The van der Waals surface area contributed by atoms with Gasteiger partial charge in [-0.3, -0.25) is 9.89 Å². The normalized spacial score (nSPS) is 16.5. The topological polar surface area (TPSA) is 121 Å². The fourth-order valence-corrected chi connectivity index (χ4v) is 4.23. The lowest BCUT2D eigenvalue weighted by Gasteiger charge is -2.32. The van der Waals surface area contributed by atoms with E-state index in [9.17, 15) is 9.59 Å². The van der Waals surface area contributed by atoms with Crippen molar-refractivity contribution < 1.29 is 14.7 Å². The number of hydrogen-bond donors (Lipinski definition) is 4. The van der Waals surface area contributed by atoms with Crippen LogP contribution in [-0.4, -0.2) is 113 Å².